The van der Waals surface area contributed by atoms with Crippen LogP contribution in [0, 0.1) is 28.6 Å². The number of fused-ring (bicyclic) bond motifs is 5. The molecule has 3 fully saturated rings. The lowest BCUT2D eigenvalue weighted by molar-refractivity contribution is -0.127. The van der Waals surface area contributed by atoms with E-state index < -0.39 is 5.91 Å². The molecular formula is C19H28N2O2. The van der Waals surface area contributed by atoms with Crippen LogP contribution in [0.15, 0.2) is 11.6 Å². The van der Waals surface area contributed by atoms with Gasteiger partial charge in [-0.05, 0) is 61.7 Å². The van der Waals surface area contributed by atoms with E-state index in [9.17, 15) is 9.59 Å². The fraction of sp³-hybridized carbons (Fsp3) is 0.789. The van der Waals surface area contributed by atoms with Crippen molar-refractivity contribution in [1.82, 2.24) is 5.32 Å². The quantitative estimate of drug-likeness (QED) is 0.730. The SMILES string of the molecule is C[C@@]12CCC[C@H]1[C@@H]1CCC3NC(=O)C(C(N)=O)=C[C@]3(C)[C@H]1CC2. The summed E-state index contributed by atoms with van der Waals surface area (Å²) >= 11 is 0. The number of carbonyl (C=O) groups excluding carboxylic acids is 2. The van der Waals surface area contributed by atoms with Crippen molar-refractivity contribution in [3.8, 4) is 0 Å². The second kappa shape index (κ2) is 4.84. The Hall–Kier alpha value is -1.32. The summed E-state index contributed by atoms with van der Waals surface area (Å²) in [5.74, 6) is 1.25. The van der Waals surface area contributed by atoms with Crippen LogP contribution in [0.2, 0.25) is 0 Å². The van der Waals surface area contributed by atoms with Crippen LogP contribution < -0.4 is 11.1 Å². The first-order chi connectivity index (χ1) is 10.8. The molecule has 0 saturated heterocycles. The molecule has 3 N–H and O–H groups in total. The molecule has 4 rings (SSSR count). The van der Waals surface area contributed by atoms with Crippen LogP contribution in [0.4, 0.5) is 0 Å². The minimum atomic E-state index is -0.592. The monoisotopic (exact) mass is 316 g/mol. The Bertz CT molecular complexity index is 598. The third-order valence-corrected chi connectivity index (χ3v) is 7.83. The van der Waals surface area contributed by atoms with Crippen molar-refractivity contribution in [3.05, 3.63) is 11.6 Å². The Morgan fingerprint density at radius 1 is 1.17 bits per heavy atom. The van der Waals surface area contributed by atoms with E-state index in [1.54, 1.807) is 0 Å². The molecule has 0 aromatic carbocycles. The largest absolute Gasteiger partial charge is 0.365 e. The summed E-state index contributed by atoms with van der Waals surface area (Å²) in [6.45, 7) is 4.73. The van der Waals surface area contributed by atoms with E-state index in [2.05, 4.69) is 19.2 Å². The summed E-state index contributed by atoms with van der Waals surface area (Å²) in [4.78, 5) is 23.8. The number of amides is 2. The number of hydrogen-bond donors (Lipinski definition) is 2. The van der Waals surface area contributed by atoms with Crippen molar-refractivity contribution in [2.45, 2.75) is 64.8 Å². The lowest BCUT2D eigenvalue weighted by Crippen LogP contribution is -2.60. The van der Waals surface area contributed by atoms with Crippen molar-refractivity contribution >= 4 is 11.8 Å². The average molecular weight is 316 g/mol. The molecule has 126 valence electrons. The Morgan fingerprint density at radius 2 is 1.96 bits per heavy atom. The Labute approximate surface area is 138 Å². The Balaban J connectivity index is 1.73. The van der Waals surface area contributed by atoms with E-state index in [1.807, 2.05) is 6.08 Å². The third-order valence-electron chi connectivity index (χ3n) is 7.83. The Kier molecular flexibility index (Phi) is 3.20. The summed E-state index contributed by atoms with van der Waals surface area (Å²) < 4.78 is 0. The van der Waals surface area contributed by atoms with Crippen LogP contribution >= 0.6 is 0 Å². The van der Waals surface area contributed by atoms with Gasteiger partial charge < -0.3 is 11.1 Å². The van der Waals surface area contributed by atoms with Crippen molar-refractivity contribution in [2.75, 3.05) is 0 Å². The molecule has 3 saturated carbocycles. The lowest BCUT2D eigenvalue weighted by atomic mass is 9.48. The second-order valence-corrected chi connectivity index (χ2v) is 8.85. The summed E-state index contributed by atoms with van der Waals surface area (Å²) in [7, 11) is 0. The zero-order chi connectivity index (χ0) is 16.4. The summed E-state index contributed by atoms with van der Waals surface area (Å²) in [6, 6.07) is 0.158. The summed E-state index contributed by atoms with van der Waals surface area (Å²) in [5.41, 5.74) is 6.02. The van der Waals surface area contributed by atoms with Gasteiger partial charge >= 0.3 is 0 Å². The first kappa shape index (κ1) is 15.2. The molecule has 2 amide bonds. The number of rotatable bonds is 1. The minimum absolute atomic E-state index is 0.120. The molecule has 3 aliphatic carbocycles. The molecule has 0 radical (unpaired) electrons. The van der Waals surface area contributed by atoms with Crippen LogP contribution in [0.25, 0.3) is 0 Å². The van der Waals surface area contributed by atoms with Crippen LogP contribution in [-0.2, 0) is 9.59 Å². The highest BCUT2D eigenvalue weighted by Crippen LogP contribution is 2.63. The van der Waals surface area contributed by atoms with E-state index in [0.717, 1.165) is 18.3 Å². The molecule has 1 heterocycles. The normalized spacial score (nSPS) is 48.6. The van der Waals surface area contributed by atoms with Gasteiger partial charge in [0, 0.05) is 11.5 Å². The summed E-state index contributed by atoms with van der Waals surface area (Å²) in [6.07, 6.45) is 10.8. The highest BCUT2D eigenvalue weighted by Gasteiger charge is 2.57. The third kappa shape index (κ3) is 2.03. The number of nitrogens with one attached hydrogen (secondary N) is 1. The van der Waals surface area contributed by atoms with Gasteiger partial charge in [-0.15, -0.1) is 0 Å². The molecule has 4 nitrogen and oxygen atoms in total. The van der Waals surface area contributed by atoms with Gasteiger partial charge in [-0.2, -0.15) is 0 Å². The van der Waals surface area contributed by atoms with E-state index in [0.29, 0.717) is 11.3 Å². The van der Waals surface area contributed by atoms with Gasteiger partial charge in [0.15, 0.2) is 0 Å². The standard InChI is InChI=1S/C19H28N2O2/c1-18-8-3-4-13(18)11-5-6-15-19(2,14(11)7-9-18)10-12(16(20)22)17(23)21-15/h10-11,13-15H,3-9H2,1-2H3,(H2,20,22)(H,21,23)/t11-,13-,14-,15?,18-,19+/m0/s1. The molecular weight excluding hydrogens is 288 g/mol. The molecule has 4 aliphatic rings. The number of primary amides is 1. The molecule has 0 aromatic heterocycles. The molecule has 0 aromatic rings. The highest BCUT2D eigenvalue weighted by molar-refractivity contribution is 6.18. The van der Waals surface area contributed by atoms with Crippen LogP contribution in [0.3, 0.4) is 0 Å². The van der Waals surface area contributed by atoms with Gasteiger partial charge in [-0.1, -0.05) is 26.3 Å². The Morgan fingerprint density at radius 3 is 2.70 bits per heavy atom. The zero-order valence-electron chi connectivity index (χ0n) is 14.2. The van der Waals surface area contributed by atoms with Crippen molar-refractivity contribution in [3.63, 3.8) is 0 Å². The molecule has 1 unspecified atom stereocenters. The smallest absolute Gasteiger partial charge is 0.256 e. The van der Waals surface area contributed by atoms with Crippen LogP contribution in [0.1, 0.15) is 58.8 Å². The van der Waals surface area contributed by atoms with Gasteiger partial charge in [-0.25, -0.2) is 0 Å². The van der Waals surface area contributed by atoms with Crippen molar-refractivity contribution < 1.29 is 9.59 Å². The maximum atomic E-state index is 12.1. The molecule has 4 heteroatoms. The van der Waals surface area contributed by atoms with Crippen LogP contribution in [0.5, 0.6) is 0 Å². The molecule has 1 aliphatic heterocycles. The minimum Gasteiger partial charge on any atom is -0.365 e. The maximum Gasteiger partial charge on any atom is 0.256 e. The topological polar surface area (TPSA) is 72.2 Å². The first-order valence-electron chi connectivity index (χ1n) is 9.19. The van der Waals surface area contributed by atoms with Gasteiger partial charge in [0.2, 0.25) is 0 Å². The molecule has 6 atom stereocenters. The summed E-state index contributed by atoms with van der Waals surface area (Å²) in [5, 5.41) is 3.08. The molecule has 23 heavy (non-hydrogen) atoms. The van der Waals surface area contributed by atoms with E-state index in [-0.39, 0.29) is 22.9 Å². The van der Waals surface area contributed by atoms with Gasteiger partial charge in [-0.3, -0.25) is 9.59 Å². The van der Waals surface area contributed by atoms with E-state index >= 15 is 0 Å². The van der Waals surface area contributed by atoms with Crippen molar-refractivity contribution in [1.29, 1.82) is 0 Å². The van der Waals surface area contributed by atoms with E-state index in [4.69, 9.17) is 5.73 Å². The number of carbonyl (C=O) groups is 2. The predicted molar refractivity (Wildman–Crippen MR) is 88.2 cm³/mol. The predicted octanol–water partition coefficient (Wildman–Crippen LogP) is 2.53. The van der Waals surface area contributed by atoms with Gasteiger partial charge in [0.25, 0.3) is 11.8 Å². The number of nitrogens with two attached hydrogens (primary N) is 1. The highest BCUT2D eigenvalue weighted by atomic mass is 16.2. The van der Waals surface area contributed by atoms with Gasteiger partial charge in [0.1, 0.15) is 5.57 Å². The lowest BCUT2D eigenvalue weighted by Gasteiger charge is -2.58. The first-order valence-corrected chi connectivity index (χ1v) is 9.19. The second-order valence-electron chi connectivity index (χ2n) is 8.85. The average Bonchev–Trinajstić information content (AvgIpc) is 2.89. The van der Waals surface area contributed by atoms with Crippen molar-refractivity contribution in [2.24, 2.45) is 34.3 Å². The van der Waals surface area contributed by atoms with Crippen LogP contribution in [-0.4, -0.2) is 17.9 Å². The number of hydrogen-bond acceptors (Lipinski definition) is 2. The molecule has 0 bridgehead atoms. The maximum absolute atomic E-state index is 12.1. The van der Waals surface area contributed by atoms with Gasteiger partial charge in [0.05, 0.1) is 0 Å². The fourth-order valence-electron chi connectivity index (χ4n) is 6.61. The zero-order valence-corrected chi connectivity index (χ0v) is 14.2. The fourth-order valence-corrected chi connectivity index (χ4v) is 6.61. The van der Waals surface area contributed by atoms with E-state index in [1.165, 1.54) is 38.5 Å². The molecule has 0 spiro atoms.